The van der Waals surface area contributed by atoms with Gasteiger partial charge in [0.25, 0.3) is 5.56 Å². The van der Waals surface area contributed by atoms with Crippen LogP contribution in [0, 0.1) is 17.2 Å². The smallest absolute Gasteiger partial charge is 0.323 e. The van der Waals surface area contributed by atoms with Gasteiger partial charge < -0.3 is 25.4 Å². The highest BCUT2D eigenvalue weighted by molar-refractivity contribution is 5.99. The van der Waals surface area contributed by atoms with E-state index in [4.69, 9.17) is 5.26 Å². The van der Waals surface area contributed by atoms with Crippen molar-refractivity contribution in [3.8, 4) is 6.07 Å². The van der Waals surface area contributed by atoms with Crippen LogP contribution in [-0.2, 0) is 6.54 Å². The maximum absolute atomic E-state index is 13.2. The number of likely N-dealkylation sites (tertiary alicyclic amines) is 1. The monoisotopic (exact) mass is 474 g/mol. The Morgan fingerprint density at radius 1 is 1.00 bits per heavy atom. The van der Waals surface area contributed by atoms with E-state index in [-0.39, 0.29) is 35.2 Å². The molecule has 182 valence electrons. The summed E-state index contributed by atoms with van der Waals surface area (Å²) in [6.07, 6.45) is 6.66. The number of benzene rings is 1. The molecule has 1 aromatic carbocycles. The fraction of sp³-hybridized carbons (Fsp3) is 0.462. The Bertz CT molecular complexity index is 1230. The molecule has 2 aliphatic heterocycles. The summed E-state index contributed by atoms with van der Waals surface area (Å²) in [4.78, 5) is 40.5. The predicted octanol–water partition coefficient (Wildman–Crippen LogP) is 3.83. The number of fused-ring (bicyclic) bond motifs is 4. The Hall–Kier alpha value is -3.80. The summed E-state index contributed by atoms with van der Waals surface area (Å²) >= 11 is 0. The summed E-state index contributed by atoms with van der Waals surface area (Å²) in [6, 6.07) is 11.9. The summed E-state index contributed by atoms with van der Waals surface area (Å²) < 4.78 is 1.75. The van der Waals surface area contributed by atoms with Crippen molar-refractivity contribution in [2.75, 3.05) is 23.7 Å². The molecule has 1 aliphatic carbocycles. The number of nitrogens with one attached hydrogen (secondary N) is 3. The molecule has 5 rings (SSSR count). The van der Waals surface area contributed by atoms with E-state index in [2.05, 4.69) is 16.0 Å². The largest absolute Gasteiger partial charge is 0.335 e. The number of anilines is 2. The van der Waals surface area contributed by atoms with E-state index < -0.39 is 6.03 Å². The lowest BCUT2D eigenvalue weighted by Crippen LogP contribution is -2.53. The van der Waals surface area contributed by atoms with Crippen LogP contribution in [0.5, 0.6) is 0 Å². The van der Waals surface area contributed by atoms with Crippen molar-refractivity contribution in [1.82, 2.24) is 14.8 Å². The topological polar surface area (TPSA) is 119 Å². The van der Waals surface area contributed by atoms with Gasteiger partial charge in [-0.15, -0.1) is 0 Å². The number of carbonyl (C=O) groups excluding carboxylic acids is 2. The number of piperidine rings is 1. The van der Waals surface area contributed by atoms with Crippen LogP contribution in [0.15, 0.2) is 41.2 Å². The molecule has 2 atom stereocenters. The molecule has 2 bridgehead atoms. The van der Waals surface area contributed by atoms with E-state index in [1.807, 2.05) is 17.0 Å². The van der Waals surface area contributed by atoms with Crippen LogP contribution in [0.4, 0.5) is 21.0 Å². The molecular weight excluding hydrogens is 444 g/mol. The molecule has 4 amide bonds. The van der Waals surface area contributed by atoms with Crippen molar-refractivity contribution >= 4 is 23.4 Å². The van der Waals surface area contributed by atoms with Gasteiger partial charge in [0, 0.05) is 43.0 Å². The van der Waals surface area contributed by atoms with Crippen LogP contribution in [0.25, 0.3) is 0 Å². The van der Waals surface area contributed by atoms with Crippen molar-refractivity contribution in [3.63, 3.8) is 0 Å². The number of nitrogens with zero attached hydrogens (tertiary/aromatic N) is 3. The third kappa shape index (κ3) is 5.02. The first-order chi connectivity index (χ1) is 17.0. The van der Waals surface area contributed by atoms with Gasteiger partial charge in [0.05, 0.1) is 11.6 Å². The molecular formula is C26H30N6O3. The maximum atomic E-state index is 13.2. The Kier molecular flexibility index (Phi) is 6.45. The fourth-order valence-electron chi connectivity index (χ4n) is 5.67. The highest BCUT2D eigenvalue weighted by Crippen LogP contribution is 2.35. The van der Waals surface area contributed by atoms with Gasteiger partial charge in [-0.2, -0.15) is 5.26 Å². The third-order valence-corrected chi connectivity index (χ3v) is 7.32. The van der Waals surface area contributed by atoms with Crippen molar-refractivity contribution in [2.45, 2.75) is 57.0 Å². The van der Waals surface area contributed by atoms with Gasteiger partial charge >= 0.3 is 12.1 Å². The minimum atomic E-state index is -0.542. The van der Waals surface area contributed by atoms with Crippen molar-refractivity contribution in [2.24, 2.45) is 5.92 Å². The molecule has 1 saturated heterocycles. The quantitative estimate of drug-likeness (QED) is 0.626. The number of rotatable bonds is 3. The highest BCUT2D eigenvalue weighted by Gasteiger charge is 2.37. The van der Waals surface area contributed by atoms with Crippen molar-refractivity contribution in [1.29, 1.82) is 5.26 Å². The van der Waals surface area contributed by atoms with Gasteiger partial charge in [-0.1, -0.05) is 25.3 Å². The van der Waals surface area contributed by atoms with E-state index >= 15 is 0 Å². The lowest BCUT2D eigenvalue weighted by molar-refractivity contribution is 0.127. The highest BCUT2D eigenvalue weighted by atomic mass is 16.2. The van der Waals surface area contributed by atoms with E-state index in [1.165, 1.54) is 19.3 Å². The van der Waals surface area contributed by atoms with Crippen molar-refractivity contribution < 1.29 is 9.59 Å². The van der Waals surface area contributed by atoms with E-state index in [0.29, 0.717) is 30.9 Å². The number of aromatic nitrogens is 1. The predicted molar refractivity (Wildman–Crippen MR) is 132 cm³/mol. The second-order valence-electron chi connectivity index (χ2n) is 9.85. The number of amides is 4. The summed E-state index contributed by atoms with van der Waals surface area (Å²) in [5, 5.41) is 17.5. The number of hydrogen-bond acceptors (Lipinski definition) is 4. The number of carbonyl (C=O) groups is 2. The number of pyridine rings is 1. The van der Waals surface area contributed by atoms with Gasteiger partial charge in [-0.05, 0) is 55.5 Å². The Morgan fingerprint density at radius 2 is 1.83 bits per heavy atom. The number of urea groups is 2. The van der Waals surface area contributed by atoms with Gasteiger partial charge in [-0.3, -0.25) is 4.79 Å². The van der Waals surface area contributed by atoms with Crippen LogP contribution < -0.4 is 21.5 Å². The number of hydrogen-bond donors (Lipinski definition) is 3. The molecule has 0 radical (unpaired) electrons. The fourth-order valence-corrected chi connectivity index (χ4v) is 5.67. The summed E-state index contributed by atoms with van der Waals surface area (Å²) in [5.41, 5.74) is 1.78. The molecule has 3 heterocycles. The van der Waals surface area contributed by atoms with E-state index in [9.17, 15) is 14.4 Å². The second-order valence-corrected chi connectivity index (χ2v) is 9.85. The molecule has 35 heavy (non-hydrogen) atoms. The molecule has 9 heteroatoms. The van der Waals surface area contributed by atoms with Gasteiger partial charge in [0.2, 0.25) is 0 Å². The van der Waals surface area contributed by atoms with Crippen molar-refractivity contribution in [3.05, 3.63) is 58.0 Å². The van der Waals surface area contributed by atoms with Gasteiger partial charge in [0.15, 0.2) is 0 Å². The maximum Gasteiger partial charge on any atom is 0.323 e. The first-order valence-corrected chi connectivity index (χ1v) is 12.4. The number of nitriles is 1. The zero-order chi connectivity index (χ0) is 24.4. The van der Waals surface area contributed by atoms with Crippen LogP contribution in [0.3, 0.4) is 0 Å². The molecule has 1 aromatic heterocycles. The average molecular weight is 475 g/mol. The standard InChI is InChI=1S/C26H30N6O3/c27-13-17-5-4-8-21(12-17)28-25(34)30-22-9-10-23-19-11-18(15-32(23)24(22)33)14-31(16-19)26(35)29-20-6-2-1-3-7-20/h4-5,8-10,12,18-20H,1-3,6-7,11,14-16H2,(H,29,35)(H2,28,30,34)/t18-,19-/m1/s1. The average Bonchev–Trinajstić information content (AvgIpc) is 2.86. The van der Waals surface area contributed by atoms with Crippen LogP contribution in [0.1, 0.15) is 55.7 Å². The first kappa shape index (κ1) is 23.0. The van der Waals surface area contributed by atoms with Gasteiger partial charge in [-0.25, -0.2) is 9.59 Å². The normalized spacial score (nSPS) is 21.4. The minimum Gasteiger partial charge on any atom is -0.335 e. The van der Waals surface area contributed by atoms with Crippen LogP contribution in [-0.4, -0.2) is 40.7 Å². The van der Waals surface area contributed by atoms with E-state index in [0.717, 1.165) is 25.0 Å². The van der Waals surface area contributed by atoms with E-state index in [1.54, 1.807) is 34.9 Å². The molecule has 1 saturated carbocycles. The lowest BCUT2D eigenvalue weighted by atomic mass is 9.83. The first-order valence-electron chi connectivity index (χ1n) is 12.4. The van der Waals surface area contributed by atoms with Crippen LogP contribution >= 0.6 is 0 Å². The zero-order valence-corrected chi connectivity index (χ0v) is 19.6. The lowest BCUT2D eigenvalue weighted by Gasteiger charge is -2.43. The molecule has 3 N–H and O–H groups in total. The molecule has 0 unspecified atom stereocenters. The third-order valence-electron chi connectivity index (χ3n) is 7.32. The van der Waals surface area contributed by atoms with Crippen LogP contribution in [0.2, 0.25) is 0 Å². The SMILES string of the molecule is N#Cc1cccc(NC(=O)Nc2ccc3n(c2=O)C[C@@H]2C[C@@H]3CN(C(=O)NC3CCCCC3)C2)c1. The minimum absolute atomic E-state index is 0.0119. The summed E-state index contributed by atoms with van der Waals surface area (Å²) in [6.45, 7) is 1.75. The summed E-state index contributed by atoms with van der Waals surface area (Å²) in [7, 11) is 0. The summed E-state index contributed by atoms with van der Waals surface area (Å²) in [5.74, 6) is 0.303. The molecule has 2 fully saturated rings. The Morgan fingerprint density at radius 3 is 2.63 bits per heavy atom. The molecule has 3 aliphatic rings. The molecule has 0 spiro atoms. The zero-order valence-electron chi connectivity index (χ0n) is 19.6. The Labute approximate surface area is 204 Å². The van der Waals surface area contributed by atoms with Gasteiger partial charge in [0.1, 0.15) is 5.69 Å². The molecule has 9 nitrogen and oxygen atoms in total. The second kappa shape index (κ2) is 9.82. The molecule has 2 aromatic rings. The Balaban J connectivity index is 1.26.